The van der Waals surface area contributed by atoms with Gasteiger partial charge in [-0.1, -0.05) is 127 Å². The first kappa shape index (κ1) is 28.9. The first-order valence-corrected chi connectivity index (χ1v) is 17.7. The fourth-order valence-corrected chi connectivity index (χ4v) is 8.72. The first-order valence-electron chi connectivity index (χ1n) is 17.7. The molecule has 0 saturated heterocycles. The van der Waals surface area contributed by atoms with E-state index in [1.54, 1.807) is 6.20 Å². The Kier molecular flexibility index (Phi) is 6.17. The lowest BCUT2D eigenvalue weighted by atomic mass is 9.70. The molecular formula is C49H30N2O. The molecule has 0 fully saturated rings. The van der Waals surface area contributed by atoms with Crippen LogP contribution in [0.3, 0.4) is 0 Å². The zero-order valence-electron chi connectivity index (χ0n) is 28.1. The van der Waals surface area contributed by atoms with Gasteiger partial charge in [0, 0.05) is 23.5 Å². The van der Waals surface area contributed by atoms with Crippen molar-refractivity contribution in [2.24, 2.45) is 0 Å². The van der Waals surface area contributed by atoms with Crippen molar-refractivity contribution in [1.82, 2.24) is 9.97 Å². The van der Waals surface area contributed by atoms with Crippen molar-refractivity contribution in [2.45, 2.75) is 5.41 Å². The SMILES string of the molecule is c1cncc(-c2cccc(-c3ccc(-c4nc5ccc(-c6ccc7c(c6)C6(c8ccccc8-c8ccccc86)c6ccccc6-7)cc5o4)cc3)c2)c1. The van der Waals surface area contributed by atoms with E-state index in [0.717, 1.165) is 50.0 Å². The molecule has 11 rings (SSSR count). The van der Waals surface area contributed by atoms with Crippen molar-refractivity contribution in [3.05, 3.63) is 205 Å². The molecule has 2 heterocycles. The summed E-state index contributed by atoms with van der Waals surface area (Å²) >= 11 is 0. The summed E-state index contributed by atoms with van der Waals surface area (Å²) in [5.41, 5.74) is 19.6. The molecule has 0 amide bonds. The van der Waals surface area contributed by atoms with E-state index in [4.69, 9.17) is 9.40 Å². The Labute approximate surface area is 301 Å². The van der Waals surface area contributed by atoms with Gasteiger partial charge >= 0.3 is 0 Å². The highest BCUT2D eigenvalue weighted by Gasteiger charge is 2.51. The van der Waals surface area contributed by atoms with Crippen molar-refractivity contribution in [1.29, 1.82) is 0 Å². The molecule has 0 bridgehead atoms. The third-order valence-electron chi connectivity index (χ3n) is 11.0. The quantitative estimate of drug-likeness (QED) is 0.188. The summed E-state index contributed by atoms with van der Waals surface area (Å²) in [5, 5.41) is 0. The molecule has 2 aliphatic carbocycles. The van der Waals surface area contributed by atoms with Crippen LogP contribution in [-0.2, 0) is 5.41 Å². The number of hydrogen-bond donors (Lipinski definition) is 0. The number of benzene rings is 7. The van der Waals surface area contributed by atoms with Gasteiger partial charge in [-0.3, -0.25) is 4.98 Å². The fourth-order valence-electron chi connectivity index (χ4n) is 8.72. The van der Waals surface area contributed by atoms with Crippen LogP contribution in [0.5, 0.6) is 0 Å². The first-order chi connectivity index (χ1) is 25.8. The number of aromatic nitrogens is 2. The zero-order chi connectivity index (χ0) is 34.2. The van der Waals surface area contributed by atoms with Crippen LogP contribution in [0.1, 0.15) is 22.3 Å². The molecule has 3 heteroatoms. The van der Waals surface area contributed by atoms with Crippen LogP contribution in [0.2, 0.25) is 0 Å². The summed E-state index contributed by atoms with van der Waals surface area (Å²) in [5.74, 6) is 0.616. The number of rotatable bonds is 4. The molecule has 2 aliphatic rings. The van der Waals surface area contributed by atoms with Crippen molar-refractivity contribution >= 4 is 11.1 Å². The third-order valence-corrected chi connectivity index (χ3v) is 11.0. The molecule has 0 saturated carbocycles. The summed E-state index contributed by atoms with van der Waals surface area (Å²) in [4.78, 5) is 9.18. The number of fused-ring (bicyclic) bond motifs is 11. The minimum absolute atomic E-state index is 0.370. The van der Waals surface area contributed by atoms with Gasteiger partial charge in [0.25, 0.3) is 0 Å². The van der Waals surface area contributed by atoms with E-state index in [1.807, 2.05) is 12.3 Å². The van der Waals surface area contributed by atoms with Gasteiger partial charge in [-0.15, -0.1) is 0 Å². The van der Waals surface area contributed by atoms with Gasteiger partial charge in [0.2, 0.25) is 5.89 Å². The van der Waals surface area contributed by atoms with Gasteiger partial charge in [-0.2, -0.15) is 0 Å². The summed E-state index contributed by atoms with van der Waals surface area (Å²) in [6.45, 7) is 0. The molecule has 0 unspecified atom stereocenters. The molecule has 2 aromatic heterocycles. The molecule has 242 valence electrons. The van der Waals surface area contributed by atoms with E-state index in [2.05, 4.69) is 169 Å². The van der Waals surface area contributed by atoms with E-state index in [1.165, 1.54) is 44.5 Å². The molecule has 0 radical (unpaired) electrons. The third kappa shape index (κ3) is 4.14. The average molecular weight is 663 g/mol. The van der Waals surface area contributed by atoms with Gasteiger partial charge in [0.15, 0.2) is 5.58 Å². The second kappa shape index (κ2) is 11.1. The summed E-state index contributed by atoms with van der Waals surface area (Å²) in [7, 11) is 0. The molecule has 0 aliphatic heterocycles. The highest BCUT2D eigenvalue weighted by molar-refractivity contribution is 5.96. The van der Waals surface area contributed by atoms with Gasteiger partial charge in [0.05, 0.1) is 5.41 Å². The topological polar surface area (TPSA) is 38.9 Å². The number of hydrogen-bond acceptors (Lipinski definition) is 3. The van der Waals surface area contributed by atoms with Crippen molar-refractivity contribution in [2.75, 3.05) is 0 Å². The average Bonchev–Trinajstić information content (AvgIpc) is 3.88. The Bertz CT molecular complexity index is 2780. The van der Waals surface area contributed by atoms with Crippen molar-refractivity contribution < 1.29 is 4.42 Å². The monoisotopic (exact) mass is 662 g/mol. The van der Waals surface area contributed by atoms with E-state index < -0.39 is 0 Å². The van der Waals surface area contributed by atoms with Crippen LogP contribution in [-0.4, -0.2) is 9.97 Å². The Morgan fingerprint density at radius 1 is 0.385 bits per heavy atom. The Hall–Kier alpha value is -6.84. The highest BCUT2D eigenvalue weighted by atomic mass is 16.3. The molecule has 52 heavy (non-hydrogen) atoms. The molecule has 0 atom stereocenters. The maximum absolute atomic E-state index is 6.45. The lowest BCUT2D eigenvalue weighted by molar-refractivity contribution is 0.620. The largest absolute Gasteiger partial charge is 0.436 e. The molecular weight excluding hydrogens is 633 g/mol. The van der Waals surface area contributed by atoms with Crippen LogP contribution in [0.4, 0.5) is 0 Å². The number of pyridine rings is 1. The zero-order valence-corrected chi connectivity index (χ0v) is 28.1. The van der Waals surface area contributed by atoms with Crippen LogP contribution in [0, 0.1) is 0 Å². The predicted molar refractivity (Wildman–Crippen MR) is 210 cm³/mol. The van der Waals surface area contributed by atoms with Gasteiger partial charge in [-0.25, -0.2) is 4.98 Å². The van der Waals surface area contributed by atoms with Crippen LogP contribution >= 0.6 is 0 Å². The molecule has 0 N–H and O–H groups in total. The van der Waals surface area contributed by atoms with Crippen LogP contribution in [0.15, 0.2) is 187 Å². The van der Waals surface area contributed by atoms with E-state index in [0.29, 0.717) is 5.89 Å². The number of oxazole rings is 1. The van der Waals surface area contributed by atoms with Crippen LogP contribution < -0.4 is 0 Å². The Morgan fingerprint density at radius 2 is 0.923 bits per heavy atom. The van der Waals surface area contributed by atoms with Crippen LogP contribution in [0.25, 0.3) is 78.2 Å². The summed E-state index contributed by atoms with van der Waals surface area (Å²) < 4.78 is 6.45. The lowest BCUT2D eigenvalue weighted by Crippen LogP contribution is -2.25. The Balaban J connectivity index is 0.971. The maximum Gasteiger partial charge on any atom is 0.227 e. The standard InChI is InChI=1S/C49H30N2O/c1-4-15-42-38(12-1)39-13-2-5-16-43(39)49(42)44-17-6-3-14-40(44)41-24-22-35(28-45(41)49)36-23-25-46-47(29-36)52-48(51-46)32-20-18-31(19-21-32)33-9-7-10-34(27-33)37-11-8-26-50-30-37/h1-30H. The molecule has 3 nitrogen and oxygen atoms in total. The van der Waals surface area contributed by atoms with Gasteiger partial charge in [0.1, 0.15) is 5.52 Å². The van der Waals surface area contributed by atoms with Gasteiger partial charge in [-0.05, 0) is 115 Å². The smallest absolute Gasteiger partial charge is 0.227 e. The second-order valence-electron chi connectivity index (χ2n) is 13.7. The summed E-state index contributed by atoms with van der Waals surface area (Å²) in [6.07, 6.45) is 3.70. The fraction of sp³-hybridized carbons (Fsp3) is 0.0204. The second-order valence-corrected chi connectivity index (χ2v) is 13.7. The predicted octanol–water partition coefficient (Wildman–Crippen LogP) is 12.2. The van der Waals surface area contributed by atoms with E-state index in [-0.39, 0.29) is 5.41 Å². The minimum Gasteiger partial charge on any atom is -0.436 e. The van der Waals surface area contributed by atoms with Gasteiger partial charge < -0.3 is 4.42 Å². The normalized spacial score (nSPS) is 13.2. The highest BCUT2D eigenvalue weighted by Crippen LogP contribution is 2.63. The van der Waals surface area contributed by atoms with E-state index >= 15 is 0 Å². The molecule has 9 aromatic rings. The maximum atomic E-state index is 6.45. The summed E-state index contributed by atoms with van der Waals surface area (Å²) in [6, 6.07) is 61.2. The Morgan fingerprint density at radius 3 is 1.60 bits per heavy atom. The minimum atomic E-state index is -0.370. The van der Waals surface area contributed by atoms with Crippen molar-refractivity contribution in [3.63, 3.8) is 0 Å². The lowest BCUT2D eigenvalue weighted by Gasteiger charge is -2.30. The number of nitrogens with zero attached hydrogens (tertiary/aromatic N) is 2. The molecule has 7 aromatic carbocycles. The molecule has 1 spiro atoms. The van der Waals surface area contributed by atoms with E-state index in [9.17, 15) is 0 Å². The van der Waals surface area contributed by atoms with Crippen molar-refractivity contribution in [3.8, 4) is 67.1 Å².